The monoisotopic (exact) mass is 507 g/mol. The summed E-state index contributed by atoms with van der Waals surface area (Å²) in [5.41, 5.74) is 2.22. The summed E-state index contributed by atoms with van der Waals surface area (Å²) < 4.78 is 0. The molecule has 36 heavy (non-hydrogen) atoms. The van der Waals surface area contributed by atoms with Crippen molar-refractivity contribution < 1.29 is 0 Å². The zero-order valence-corrected chi connectivity index (χ0v) is 25.0. The minimum absolute atomic E-state index is 0.417. The second kappa shape index (κ2) is 6.26. The Balaban J connectivity index is 1.29. The molecular weight excluding hydrogens is 453 g/mol. The summed E-state index contributed by atoms with van der Waals surface area (Å²) in [6.45, 7) is 10.9. The predicted molar refractivity (Wildman–Crippen MR) is 151 cm³/mol. The highest BCUT2D eigenvalue weighted by atomic mass is 31.2. The third-order valence-corrected chi connectivity index (χ3v) is 21.1. The van der Waals surface area contributed by atoms with Crippen LogP contribution in [0.4, 0.5) is 0 Å². The van der Waals surface area contributed by atoms with Crippen molar-refractivity contribution in [2.45, 2.75) is 159 Å². The van der Waals surface area contributed by atoms with Crippen LogP contribution in [-0.2, 0) is 0 Å². The quantitative estimate of drug-likeness (QED) is 0.367. The average Bonchev–Trinajstić information content (AvgIpc) is 2.66. The Morgan fingerprint density at radius 3 is 1.03 bits per heavy atom. The first kappa shape index (κ1) is 23.0. The Morgan fingerprint density at radius 2 is 0.722 bits per heavy atom. The average molecular weight is 508 g/mol. The molecule has 0 heterocycles. The first-order chi connectivity index (χ1) is 16.8. The minimum atomic E-state index is -1.99. The van der Waals surface area contributed by atoms with E-state index in [0.717, 1.165) is 29.6 Å². The molecule has 0 spiro atoms. The van der Waals surface area contributed by atoms with Gasteiger partial charge in [-0.05, 0) is 174 Å². The van der Waals surface area contributed by atoms with E-state index in [1.54, 1.807) is 19.3 Å². The van der Waals surface area contributed by atoms with Crippen LogP contribution in [0.25, 0.3) is 0 Å². The molecule has 0 aromatic heterocycles. The van der Waals surface area contributed by atoms with Gasteiger partial charge in [-0.25, -0.2) is 0 Å². The zero-order chi connectivity index (χ0) is 24.6. The van der Waals surface area contributed by atoms with Crippen molar-refractivity contribution in [3.05, 3.63) is 0 Å². The van der Waals surface area contributed by atoms with E-state index in [-0.39, 0.29) is 0 Å². The standard InChI is InChI=1S/C34H54NP/c1-28-8-26-9-29(2,17-28)20-33(15-26,19-28)36(35,32-12-23-5-24(13-32)7-25(6-23)14-32)34-16-27-10-30(3,21-34)18-31(4,11-27)22-34/h23-27,35H,5-22H2,1-4H3. The van der Waals surface area contributed by atoms with Gasteiger partial charge in [0.1, 0.15) is 0 Å². The summed E-state index contributed by atoms with van der Waals surface area (Å²) in [5.74, 6) is 4.91. The lowest BCUT2D eigenvalue weighted by Crippen LogP contribution is -2.68. The van der Waals surface area contributed by atoms with Crippen LogP contribution in [0, 0.1) is 56.4 Å². The van der Waals surface area contributed by atoms with Crippen LogP contribution < -0.4 is 0 Å². The first-order valence-electron chi connectivity index (χ1n) is 16.4. The SMILES string of the molecule is CC12CC3CC(C)(C1)CC(P(=N)(C14CC5CC(CC(C5)C1)C4)C14CC5CC(C)(CC(C)(C5)C1)C4)(C3)C2. The highest BCUT2D eigenvalue weighted by Gasteiger charge is 2.76. The molecule has 0 saturated heterocycles. The normalized spacial score (nSPS) is 67.4. The summed E-state index contributed by atoms with van der Waals surface area (Å²) in [7, 11) is -1.99. The van der Waals surface area contributed by atoms with Crippen molar-refractivity contribution in [1.82, 2.24) is 0 Å². The fourth-order valence-corrected chi connectivity index (χ4v) is 25.7. The van der Waals surface area contributed by atoms with Gasteiger partial charge in [0.2, 0.25) is 0 Å². The predicted octanol–water partition coefficient (Wildman–Crippen LogP) is 10.2. The van der Waals surface area contributed by atoms with Gasteiger partial charge in [-0.3, -0.25) is 0 Å². The molecule has 2 heteroatoms. The molecule has 4 unspecified atom stereocenters. The molecule has 200 valence electrons. The van der Waals surface area contributed by atoms with Crippen molar-refractivity contribution in [2.75, 3.05) is 0 Å². The number of nitrogens with one attached hydrogen (secondary N) is 1. The van der Waals surface area contributed by atoms with Gasteiger partial charge in [0, 0.05) is 15.5 Å². The lowest BCUT2D eigenvalue weighted by Gasteiger charge is -2.79. The van der Waals surface area contributed by atoms with E-state index in [1.807, 2.05) is 0 Å². The summed E-state index contributed by atoms with van der Waals surface area (Å²) in [6.07, 6.45) is 27.1. The van der Waals surface area contributed by atoms with Gasteiger partial charge < -0.3 is 5.16 Å². The van der Waals surface area contributed by atoms with Crippen LogP contribution in [0.5, 0.6) is 0 Å². The Labute approximate surface area is 222 Å². The molecule has 1 N–H and O–H groups in total. The van der Waals surface area contributed by atoms with Gasteiger partial charge in [-0.1, -0.05) is 27.7 Å². The van der Waals surface area contributed by atoms with E-state index in [0.29, 0.717) is 37.1 Å². The van der Waals surface area contributed by atoms with Gasteiger partial charge in [-0.2, -0.15) is 0 Å². The topological polar surface area (TPSA) is 23.9 Å². The number of hydrogen-bond donors (Lipinski definition) is 1. The smallest absolute Gasteiger partial charge is 0.00744 e. The van der Waals surface area contributed by atoms with Gasteiger partial charge in [0.05, 0.1) is 0 Å². The van der Waals surface area contributed by atoms with Crippen LogP contribution in [-0.4, -0.2) is 15.5 Å². The zero-order valence-electron chi connectivity index (χ0n) is 24.1. The number of rotatable bonds is 3. The lowest BCUT2D eigenvalue weighted by atomic mass is 9.44. The maximum atomic E-state index is 11.8. The van der Waals surface area contributed by atoms with Crippen LogP contribution in [0.3, 0.4) is 0 Å². The summed E-state index contributed by atoms with van der Waals surface area (Å²) in [4.78, 5) is 0. The molecule has 12 bridgehead atoms. The first-order valence-corrected chi connectivity index (χ1v) is 18.2. The van der Waals surface area contributed by atoms with Gasteiger partial charge in [0.25, 0.3) is 0 Å². The summed E-state index contributed by atoms with van der Waals surface area (Å²) in [6, 6.07) is 0. The molecule has 0 aliphatic heterocycles. The summed E-state index contributed by atoms with van der Waals surface area (Å²) in [5, 5.41) is 13.1. The highest BCUT2D eigenvalue weighted by Crippen LogP contribution is 2.93. The van der Waals surface area contributed by atoms with E-state index in [4.69, 9.17) is 0 Å². The van der Waals surface area contributed by atoms with E-state index in [9.17, 15) is 5.16 Å². The molecule has 0 aromatic carbocycles. The fourth-order valence-electron chi connectivity index (χ4n) is 17.5. The third kappa shape index (κ3) is 2.61. The largest absolute Gasteiger partial charge is 0.317 e. The van der Waals surface area contributed by atoms with Crippen molar-refractivity contribution >= 4 is 7.05 Å². The third-order valence-electron chi connectivity index (χ3n) is 15.3. The van der Waals surface area contributed by atoms with Crippen molar-refractivity contribution in [1.29, 1.82) is 5.16 Å². The maximum Gasteiger partial charge on any atom is 0.00744 e. The van der Waals surface area contributed by atoms with Crippen LogP contribution in [0.2, 0.25) is 0 Å². The van der Waals surface area contributed by atoms with Crippen molar-refractivity contribution in [3.8, 4) is 0 Å². The molecule has 12 rings (SSSR count). The van der Waals surface area contributed by atoms with Crippen LogP contribution >= 0.6 is 7.05 Å². The molecule has 4 atom stereocenters. The molecule has 0 aromatic rings. The Bertz CT molecular complexity index is 953. The molecule has 0 amide bonds. The molecule has 12 aliphatic carbocycles. The van der Waals surface area contributed by atoms with E-state index in [2.05, 4.69) is 27.7 Å². The van der Waals surface area contributed by atoms with E-state index >= 15 is 0 Å². The number of hydrogen-bond acceptors (Lipinski definition) is 1. The molecule has 12 saturated carbocycles. The Hall–Kier alpha value is 0.230. The van der Waals surface area contributed by atoms with Crippen molar-refractivity contribution in [3.63, 3.8) is 0 Å². The Kier molecular flexibility index (Phi) is 3.99. The molecule has 12 fully saturated rings. The van der Waals surface area contributed by atoms with Gasteiger partial charge >= 0.3 is 0 Å². The van der Waals surface area contributed by atoms with E-state index < -0.39 is 7.05 Å². The molecule has 12 aliphatic rings. The minimum Gasteiger partial charge on any atom is -0.317 e. The summed E-state index contributed by atoms with van der Waals surface area (Å²) >= 11 is 0. The van der Waals surface area contributed by atoms with Gasteiger partial charge in [-0.15, -0.1) is 0 Å². The Morgan fingerprint density at radius 1 is 0.417 bits per heavy atom. The van der Waals surface area contributed by atoms with Gasteiger partial charge in [0.15, 0.2) is 0 Å². The molecule has 0 radical (unpaired) electrons. The lowest BCUT2D eigenvalue weighted by molar-refractivity contribution is -0.0967. The highest BCUT2D eigenvalue weighted by molar-refractivity contribution is 7.69. The second-order valence-electron chi connectivity index (χ2n) is 19.5. The van der Waals surface area contributed by atoms with E-state index in [1.165, 1.54) is 96.3 Å². The van der Waals surface area contributed by atoms with Crippen molar-refractivity contribution in [2.24, 2.45) is 51.2 Å². The molecule has 1 nitrogen and oxygen atoms in total. The van der Waals surface area contributed by atoms with Crippen LogP contribution in [0.15, 0.2) is 0 Å². The second-order valence-corrected chi connectivity index (χ2v) is 23.7. The maximum absolute atomic E-state index is 11.8. The fraction of sp³-hybridized carbons (Fsp3) is 1.00. The molecular formula is C34H54NP. The van der Waals surface area contributed by atoms with Crippen LogP contribution in [0.1, 0.15) is 143 Å².